The highest BCUT2D eigenvalue weighted by Crippen LogP contribution is 2.45. The summed E-state index contributed by atoms with van der Waals surface area (Å²) in [7, 11) is 0. The van der Waals surface area contributed by atoms with Crippen LogP contribution in [0, 0.1) is 6.92 Å². The highest BCUT2D eigenvalue weighted by molar-refractivity contribution is 6.05. The molecule has 1 amide bonds. The molecule has 1 aliphatic rings. The minimum Gasteiger partial charge on any atom is -0.395 e. The van der Waals surface area contributed by atoms with E-state index in [1.807, 2.05) is 6.92 Å². The smallest absolute Gasteiger partial charge is 0.395 e. The number of para-hydroxylation sites is 1. The van der Waals surface area contributed by atoms with Gasteiger partial charge >= 0.3 is 6.29 Å². The lowest BCUT2D eigenvalue weighted by atomic mass is 10.1. The van der Waals surface area contributed by atoms with E-state index in [1.54, 1.807) is 24.3 Å². The molecule has 1 heterocycles. The molecule has 0 fully saturated rings. The van der Waals surface area contributed by atoms with Gasteiger partial charge in [0.25, 0.3) is 5.91 Å². The van der Waals surface area contributed by atoms with Gasteiger partial charge in [-0.05, 0) is 31.2 Å². The summed E-state index contributed by atoms with van der Waals surface area (Å²) >= 11 is 0. The van der Waals surface area contributed by atoms with Crippen LogP contribution in [0.3, 0.4) is 0 Å². The van der Waals surface area contributed by atoms with E-state index in [1.165, 1.54) is 18.2 Å². The zero-order valence-corrected chi connectivity index (χ0v) is 11.0. The van der Waals surface area contributed by atoms with E-state index in [2.05, 4.69) is 14.8 Å². The van der Waals surface area contributed by atoms with Crippen LogP contribution < -0.4 is 14.8 Å². The number of benzene rings is 2. The number of hydrogen-bond donors (Lipinski definition) is 1. The van der Waals surface area contributed by atoms with Crippen molar-refractivity contribution in [2.75, 3.05) is 5.32 Å². The second-order valence-electron chi connectivity index (χ2n) is 4.62. The number of carbonyl (C=O) groups excluding carboxylic acids is 1. The summed E-state index contributed by atoms with van der Waals surface area (Å²) in [4.78, 5) is 12.1. The first-order valence-electron chi connectivity index (χ1n) is 6.21. The topological polar surface area (TPSA) is 47.6 Å². The highest BCUT2D eigenvalue weighted by atomic mass is 19.3. The van der Waals surface area contributed by atoms with Crippen LogP contribution in [-0.2, 0) is 0 Å². The van der Waals surface area contributed by atoms with Crippen molar-refractivity contribution < 1.29 is 23.0 Å². The van der Waals surface area contributed by atoms with E-state index >= 15 is 0 Å². The number of alkyl halides is 2. The molecule has 21 heavy (non-hydrogen) atoms. The number of hydrogen-bond acceptors (Lipinski definition) is 3. The summed E-state index contributed by atoms with van der Waals surface area (Å²) in [5.74, 6) is -0.702. The molecule has 0 spiro atoms. The molecule has 6 heteroatoms. The summed E-state index contributed by atoms with van der Waals surface area (Å²) in [5.41, 5.74) is 1.57. The molecule has 0 bridgehead atoms. The Morgan fingerprint density at radius 2 is 1.81 bits per heavy atom. The van der Waals surface area contributed by atoms with Gasteiger partial charge in [0.1, 0.15) is 0 Å². The molecule has 3 rings (SSSR count). The van der Waals surface area contributed by atoms with E-state index in [0.717, 1.165) is 5.56 Å². The Balaban J connectivity index is 1.85. The molecular formula is C15H11F2NO3. The van der Waals surface area contributed by atoms with Crippen LogP contribution in [0.2, 0.25) is 0 Å². The van der Waals surface area contributed by atoms with Gasteiger partial charge in [-0.2, -0.15) is 0 Å². The average Bonchev–Trinajstić information content (AvgIpc) is 2.74. The Bertz CT molecular complexity index is 699. The molecule has 0 aromatic heterocycles. The second kappa shape index (κ2) is 4.73. The number of halogens is 2. The van der Waals surface area contributed by atoms with Gasteiger partial charge in [0.15, 0.2) is 11.5 Å². The van der Waals surface area contributed by atoms with E-state index in [0.29, 0.717) is 5.56 Å². The van der Waals surface area contributed by atoms with Gasteiger partial charge in [-0.1, -0.05) is 23.8 Å². The number of anilines is 1. The number of fused-ring (bicyclic) bond motifs is 1. The quantitative estimate of drug-likeness (QED) is 0.920. The van der Waals surface area contributed by atoms with Crippen molar-refractivity contribution in [3.8, 4) is 11.5 Å². The molecule has 2 aromatic carbocycles. The molecule has 0 unspecified atom stereocenters. The predicted octanol–water partition coefficient (Wildman–Crippen LogP) is 3.57. The molecule has 108 valence electrons. The number of nitrogens with one attached hydrogen (secondary N) is 1. The molecule has 0 saturated carbocycles. The summed E-state index contributed by atoms with van der Waals surface area (Å²) in [6.07, 6.45) is -3.72. The van der Waals surface area contributed by atoms with Gasteiger partial charge in [-0.3, -0.25) is 4.79 Å². The van der Waals surface area contributed by atoms with Crippen molar-refractivity contribution in [3.63, 3.8) is 0 Å². The number of amides is 1. The fraction of sp³-hybridized carbons (Fsp3) is 0.133. The minimum atomic E-state index is -3.72. The van der Waals surface area contributed by atoms with E-state index in [-0.39, 0.29) is 17.2 Å². The average molecular weight is 291 g/mol. The Morgan fingerprint density at radius 3 is 2.52 bits per heavy atom. The Kier molecular flexibility index (Phi) is 3.01. The lowest BCUT2D eigenvalue weighted by Crippen LogP contribution is -2.26. The van der Waals surface area contributed by atoms with Crippen molar-refractivity contribution in [1.82, 2.24) is 0 Å². The van der Waals surface area contributed by atoms with Gasteiger partial charge in [0, 0.05) is 5.56 Å². The molecule has 0 atom stereocenters. The molecule has 2 aromatic rings. The second-order valence-corrected chi connectivity index (χ2v) is 4.62. The zero-order chi connectivity index (χ0) is 15.0. The maximum Gasteiger partial charge on any atom is 0.586 e. The fourth-order valence-corrected chi connectivity index (χ4v) is 1.97. The number of rotatable bonds is 2. The highest BCUT2D eigenvalue weighted by Gasteiger charge is 2.44. The fourth-order valence-electron chi connectivity index (χ4n) is 1.97. The maximum absolute atomic E-state index is 13.1. The predicted molar refractivity (Wildman–Crippen MR) is 71.8 cm³/mol. The van der Waals surface area contributed by atoms with Crippen LogP contribution >= 0.6 is 0 Å². The first kappa shape index (κ1) is 13.4. The van der Waals surface area contributed by atoms with E-state index < -0.39 is 12.2 Å². The third-order valence-corrected chi connectivity index (χ3v) is 2.99. The van der Waals surface area contributed by atoms with Gasteiger partial charge in [-0.25, -0.2) is 0 Å². The van der Waals surface area contributed by atoms with Crippen LogP contribution in [0.25, 0.3) is 0 Å². The van der Waals surface area contributed by atoms with Crippen LogP contribution in [-0.4, -0.2) is 12.2 Å². The van der Waals surface area contributed by atoms with Crippen LogP contribution in [0.4, 0.5) is 14.5 Å². The summed E-state index contributed by atoms with van der Waals surface area (Å²) in [6, 6.07) is 11.2. The summed E-state index contributed by atoms with van der Waals surface area (Å²) in [5, 5.41) is 2.54. The van der Waals surface area contributed by atoms with Gasteiger partial charge in [0.2, 0.25) is 0 Å². The lowest BCUT2D eigenvalue weighted by Gasteiger charge is -2.09. The summed E-state index contributed by atoms with van der Waals surface area (Å²) < 4.78 is 34.9. The molecule has 0 saturated heterocycles. The number of ether oxygens (including phenoxy) is 2. The normalized spacial score (nSPS) is 14.8. The monoisotopic (exact) mass is 291 g/mol. The first-order chi connectivity index (χ1) is 9.94. The van der Waals surface area contributed by atoms with Crippen molar-refractivity contribution >= 4 is 11.6 Å². The maximum atomic E-state index is 13.1. The first-order valence-corrected chi connectivity index (χ1v) is 6.21. The van der Waals surface area contributed by atoms with Crippen LogP contribution in [0.15, 0.2) is 42.5 Å². The van der Waals surface area contributed by atoms with Crippen molar-refractivity contribution in [2.24, 2.45) is 0 Å². The van der Waals surface area contributed by atoms with Gasteiger partial charge in [-0.15, -0.1) is 8.78 Å². The minimum absolute atomic E-state index is 0.110. The molecule has 0 radical (unpaired) electrons. The SMILES string of the molecule is Cc1ccc(C(=O)Nc2cccc3c2OC(F)(F)O3)cc1. The Morgan fingerprint density at radius 1 is 1.10 bits per heavy atom. The lowest BCUT2D eigenvalue weighted by molar-refractivity contribution is -0.286. The van der Waals surface area contributed by atoms with Gasteiger partial charge in [0.05, 0.1) is 5.69 Å². The molecule has 0 aliphatic carbocycles. The van der Waals surface area contributed by atoms with Crippen LogP contribution in [0.1, 0.15) is 15.9 Å². The molecular weight excluding hydrogens is 280 g/mol. The molecule has 4 nitrogen and oxygen atoms in total. The van der Waals surface area contributed by atoms with Crippen molar-refractivity contribution in [2.45, 2.75) is 13.2 Å². The Labute approximate surface area is 119 Å². The van der Waals surface area contributed by atoms with Crippen molar-refractivity contribution in [3.05, 3.63) is 53.6 Å². The number of carbonyl (C=O) groups is 1. The van der Waals surface area contributed by atoms with Crippen LogP contribution in [0.5, 0.6) is 11.5 Å². The van der Waals surface area contributed by atoms with E-state index in [4.69, 9.17) is 0 Å². The number of aryl methyl sites for hydroxylation is 1. The summed E-state index contributed by atoms with van der Waals surface area (Å²) in [6.45, 7) is 1.90. The van der Waals surface area contributed by atoms with Gasteiger partial charge < -0.3 is 14.8 Å². The molecule has 1 N–H and O–H groups in total. The van der Waals surface area contributed by atoms with E-state index in [9.17, 15) is 13.6 Å². The third-order valence-electron chi connectivity index (χ3n) is 2.99. The molecule has 1 aliphatic heterocycles. The largest absolute Gasteiger partial charge is 0.586 e. The standard InChI is InChI=1S/C15H11F2NO3/c1-9-5-7-10(8-6-9)14(19)18-11-3-2-4-12-13(11)21-15(16,17)20-12/h2-8H,1H3,(H,18,19). The van der Waals surface area contributed by atoms with Crippen molar-refractivity contribution in [1.29, 1.82) is 0 Å². The third kappa shape index (κ3) is 2.65. The Hall–Kier alpha value is -2.63. The zero-order valence-electron chi connectivity index (χ0n) is 11.0.